The van der Waals surface area contributed by atoms with Crippen molar-refractivity contribution >= 4 is 21.6 Å². The molecule has 0 saturated heterocycles. The molecule has 0 unspecified atom stereocenters. The van der Waals surface area contributed by atoms with E-state index in [1.807, 2.05) is 18.2 Å². The number of nitrogens with one attached hydrogen (secondary N) is 2. The summed E-state index contributed by atoms with van der Waals surface area (Å²) in [5, 5.41) is 2.84. The van der Waals surface area contributed by atoms with Gasteiger partial charge in [0, 0.05) is 38.3 Å². The SMILES string of the molecule is CCN(CCCNC(=O)CCNS(=O)(=O)c1ccc(OC)cc1)c1ccccc1. The highest BCUT2D eigenvalue weighted by Crippen LogP contribution is 2.15. The van der Waals surface area contributed by atoms with E-state index in [0.29, 0.717) is 12.3 Å². The lowest BCUT2D eigenvalue weighted by Crippen LogP contribution is -2.33. The number of sulfonamides is 1. The molecule has 0 saturated carbocycles. The second-order valence-corrected chi connectivity index (χ2v) is 8.21. The number of anilines is 1. The van der Waals surface area contributed by atoms with E-state index >= 15 is 0 Å². The van der Waals surface area contributed by atoms with Crippen LogP contribution in [0.15, 0.2) is 59.5 Å². The first-order valence-corrected chi connectivity index (χ1v) is 11.1. The van der Waals surface area contributed by atoms with E-state index < -0.39 is 10.0 Å². The lowest BCUT2D eigenvalue weighted by atomic mass is 10.2. The maximum Gasteiger partial charge on any atom is 0.240 e. The third kappa shape index (κ3) is 7.40. The third-order valence-electron chi connectivity index (χ3n) is 4.44. The average molecular weight is 420 g/mol. The molecule has 8 heteroatoms. The fraction of sp³-hybridized carbons (Fsp3) is 0.381. The summed E-state index contributed by atoms with van der Waals surface area (Å²) in [5.41, 5.74) is 1.16. The van der Waals surface area contributed by atoms with Crippen LogP contribution in [0.1, 0.15) is 19.8 Å². The first kappa shape index (κ1) is 22.7. The molecule has 29 heavy (non-hydrogen) atoms. The van der Waals surface area contributed by atoms with Crippen LogP contribution in [0.2, 0.25) is 0 Å². The number of carbonyl (C=O) groups excluding carboxylic acids is 1. The highest BCUT2D eigenvalue weighted by molar-refractivity contribution is 7.89. The van der Waals surface area contributed by atoms with E-state index in [2.05, 4.69) is 34.0 Å². The number of nitrogens with zero attached hydrogens (tertiary/aromatic N) is 1. The zero-order chi connectivity index (χ0) is 21.1. The second-order valence-electron chi connectivity index (χ2n) is 6.44. The minimum Gasteiger partial charge on any atom is -0.497 e. The molecular weight excluding hydrogens is 390 g/mol. The van der Waals surface area contributed by atoms with Crippen LogP contribution in [0, 0.1) is 0 Å². The van der Waals surface area contributed by atoms with E-state index in [4.69, 9.17) is 4.74 Å². The number of hydrogen-bond acceptors (Lipinski definition) is 5. The van der Waals surface area contributed by atoms with Gasteiger partial charge in [0.1, 0.15) is 5.75 Å². The first-order chi connectivity index (χ1) is 14.0. The summed E-state index contributed by atoms with van der Waals surface area (Å²) in [6.07, 6.45) is 0.900. The second kappa shape index (κ2) is 11.4. The highest BCUT2D eigenvalue weighted by Gasteiger charge is 2.14. The van der Waals surface area contributed by atoms with E-state index in [0.717, 1.165) is 25.2 Å². The van der Waals surface area contributed by atoms with Gasteiger partial charge in [0.25, 0.3) is 0 Å². The molecule has 0 aliphatic carbocycles. The van der Waals surface area contributed by atoms with Gasteiger partial charge in [-0.05, 0) is 49.7 Å². The molecule has 0 aliphatic rings. The van der Waals surface area contributed by atoms with Gasteiger partial charge in [-0.15, -0.1) is 0 Å². The van der Waals surface area contributed by atoms with Gasteiger partial charge in [0.2, 0.25) is 15.9 Å². The van der Waals surface area contributed by atoms with Crippen LogP contribution in [-0.2, 0) is 14.8 Å². The molecule has 0 heterocycles. The molecule has 2 N–H and O–H groups in total. The lowest BCUT2D eigenvalue weighted by molar-refractivity contribution is -0.120. The molecule has 0 bridgehead atoms. The molecular formula is C21H29N3O4S. The molecule has 2 aromatic carbocycles. The Morgan fingerprint density at radius 2 is 1.72 bits per heavy atom. The lowest BCUT2D eigenvalue weighted by Gasteiger charge is -2.23. The Balaban J connectivity index is 1.67. The topological polar surface area (TPSA) is 87.7 Å². The summed E-state index contributed by atoms with van der Waals surface area (Å²) in [6.45, 7) is 4.43. The number of methoxy groups -OCH3 is 1. The normalized spacial score (nSPS) is 11.1. The summed E-state index contributed by atoms with van der Waals surface area (Å²) < 4.78 is 31.9. The minimum atomic E-state index is -3.64. The van der Waals surface area contributed by atoms with Gasteiger partial charge >= 0.3 is 0 Å². The van der Waals surface area contributed by atoms with Crippen LogP contribution in [0.5, 0.6) is 5.75 Å². The molecule has 0 atom stereocenters. The van der Waals surface area contributed by atoms with Crippen LogP contribution in [0.25, 0.3) is 0 Å². The number of para-hydroxylation sites is 1. The molecule has 0 aromatic heterocycles. The number of amides is 1. The van der Waals surface area contributed by atoms with Crippen LogP contribution < -0.4 is 19.7 Å². The molecule has 0 spiro atoms. The predicted molar refractivity (Wildman–Crippen MR) is 115 cm³/mol. The van der Waals surface area contributed by atoms with E-state index in [1.54, 1.807) is 12.1 Å². The molecule has 0 radical (unpaired) electrons. The van der Waals surface area contributed by atoms with Crippen molar-refractivity contribution in [3.63, 3.8) is 0 Å². The molecule has 158 valence electrons. The minimum absolute atomic E-state index is 0.0469. The molecule has 0 aliphatic heterocycles. The summed E-state index contributed by atoms with van der Waals surface area (Å²) in [5.74, 6) is 0.405. The van der Waals surface area contributed by atoms with Gasteiger partial charge in [0.15, 0.2) is 0 Å². The van der Waals surface area contributed by atoms with Gasteiger partial charge in [-0.3, -0.25) is 4.79 Å². The van der Waals surface area contributed by atoms with Crippen molar-refractivity contribution in [2.75, 3.05) is 38.2 Å². The Bertz CT molecular complexity index is 855. The smallest absolute Gasteiger partial charge is 0.240 e. The van der Waals surface area contributed by atoms with Crippen LogP contribution in [-0.4, -0.2) is 47.6 Å². The average Bonchev–Trinajstić information content (AvgIpc) is 2.74. The van der Waals surface area contributed by atoms with Crippen molar-refractivity contribution < 1.29 is 17.9 Å². The summed E-state index contributed by atoms with van der Waals surface area (Å²) in [7, 11) is -2.13. The van der Waals surface area contributed by atoms with Gasteiger partial charge in [-0.25, -0.2) is 13.1 Å². The van der Waals surface area contributed by atoms with Gasteiger partial charge in [-0.2, -0.15) is 0 Å². The monoisotopic (exact) mass is 419 g/mol. The van der Waals surface area contributed by atoms with Gasteiger partial charge < -0.3 is 15.0 Å². The van der Waals surface area contributed by atoms with Crippen LogP contribution in [0.3, 0.4) is 0 Å². The first-order valence-electron chi connectivity index (χ1n) is 9.66. The molecule has 2 aromatic rings. The zero-order valence-electron chi connectivity index (χ0n) is 16.9. The van der Waals surface area contributed by atoms with Crippen molar-refractivity contribution in [1.82, 2.24) is 10.0 Å². The largest absolute Gasteiger partial charge is 0.497 e. The number of carbonyl (C=O) groups is 1. The molecule has 0 fully saturated rings. The molecule has 2 rings (SSSR count). The van der Waals surface area contributed by atoms with Crippen LogP contribution >= 0.6 is 0 Å². The summed E-state index contributed by atoms with van der Waals surface area (Å²) in [4.78, 5) is 14.3. The Morgan fingerprint density at radius 1 is 1.03 bits per heavy atom. The highest BCUT2D eigenvalue weighted by atomic mass is 32.2. The van der Waals surface area contributed by atoms with Crippen molar-refractivity contribution in [2.24, 2.45) is 0 Å². The molecule has 1 amide bonds. The number of benzene rings is 2. The Labute approximate surface area is 173 Å². The van der Waals surface area contributed by atoms with Crippen molar-refractivity contribution in [1.29, 1.82) is 0 Å². The van der Waals surface area contributed by atoms with Crippen molar-refractivity contribution in [2.45, 2.75) is 24.7 Å². The van der Waals surface area contributed by atoms with Gasteiger partial charge in [0.05, 0.1) is 12.0 Å². The predicted octanol–water partition coefficient (Wildman–Crippen LogP) is 2.40. The fourth-order valence-corrected chi connectivity index (χ4v) is 3.86. The summed E-state index contributed by atoms with van der Waals surface area (Å²) in [6, 6.07) is 16.2. The number of rotatable bonds is 12. The fourth-order valence-electron chi connectivity index (χ4n) is 2.83. The standard InChI is InChI=1S/C21H29N3O4S/c1-3-24(18-8-5-4-6-9-18)17-7-15-22-21(25)14-16-23-29(26,27)20-12-10-19(28-2)11-13-20/h4-6,8-13,23H,3,7,14-17H2,1-2H3,(H,22,25). The van der Waals surface area contributed by atoms with E-state index in [1.165, 1.54) is 19.2 Å². The quantitative estimate of drug-likeness (QED) is 0.516. The summed E-state index contributed by atoms with van der Waals surface area (Å²) >= 11 is 0. The van der Waals surface area contributed by atoms with E-state index in [-0.39, 0.29) is 23.8 Å². The zero-order valence-corrected chi connectivity index (χ0v) is 17.7. The third-order valence-corrected chi connectivity index (χ3v) is 5.92. The van der Waals surface area contributed by atoms with Crippen molar-refractivity contribution in [3.8, 4) is 5.75 Å². The van der Waals surface area contributed by atoms with E-state index in [9.17, 15) is 13.2 Å². The maximum absolute atomic E-state index is 12.2. The Hall–Kier alpha value is -2.58. The maximum atomic E-state index is 12.2. The van der Waals surface area contributed by atoms with Gasteiger partial charge in [-0.1, -0.05) is 18.2 Å². The number of ether oxygens (including phenoxy) is 1. The van der Waals surface area contributed by atoms with Crippen molar-refractivity contribution in [3.05, 3.63) is 54.6 Å². The molecule has 7 nitrogen and oxygen atoms in total. The Morgan fingerprint density at radius 3 is 2.34 bits per heavy atom. The number of hydrogen-bond donors (Lipinski definition) is 2. The Kier molecular flexibility index (Phi) is 8.95. The van der Waals surface area contributed by atoms with Crippen LogP contribution in [0.4, 0.5) is 5.69 Å².